The molecule has 1 heterocycles. The molecule has 2 rings (SSSR count). The Morgan fingerprint density at radius 1 is 1.14 bits per heavy atom. The first-order valence-corrected chi connectivity index (χ1v) is 9.22. The topological polar surface area (TPSA) is 15.3 Å². The van der Waals surface area contributed by atoms with Gasteiger partial charge in [-0.25, -0.2) is 0 Å². The van der Waals surface area contributed by atoms with Gasteiger partial charge < -0.3 is 5.32 Å². The van der Waals surface area contributed by atoms with Crippen LogP contribution in [0.1, 0.15) is 63.0 Å². The monoisotopic (exact) mass is 302 g/mol. The fraction of sp³-hybridized carbons (Fsp3) is 0.700. The van der Waals surface area contributed by atoms with E-state index in [0.29, 0.717) is 0 Å². The summed E-state index contributed by atoms with van der Waals surface area (Å²) in [4.78, 5) is 2.62. The molecule has 2 heteroatoms. The average molecular weight is 303 g/mol. The number of nitrogens with zero attached hydrogens (tertiary/aromatic N) is 1. The van der Waals surface area contributed by atoms with Crippen molar-refractivity contribution >= 4 is 0 Å². The van der Waals surface area contributed by atoms with Crippen molar-refractivity contribution in [3.05, 3.63) is 35.4 Å². The van der Waals surface area contributed by atoms with E-state index in [4.69, 9.17) is 0 Å². The van der Waals surface area contributed by atoms with Gasteiger partial charge in [0.2, 0.25) is 0 Å². The van der Waals surface area contributed by atoms with Crippen LogP contribution in [-0.2, 0) is 6.54 Å². The van der Waals surface area contributed by atoms with E-state index in [-0.39, 0.29) is 0 Å². The van der Waals surface area contributed by atoms with Crippen LogP contribution in [0.15, 0.2) is 24.3 Å². The molecule has 0 bridgehead atoms. The maximum Gasteiger partial charge on any atom is 0.0233 e. The Kier molecular flexibility index (Phi) is 7.41. The maximum absolute atomic E-state index is 3.32. The molecule has 1 fully saturated rings. The quantitative estimate of drug-likeness (QED) is 0.765. The second-order valence-electron chi connectivity index (χ2n) is 6.91. The van der Waals surface area contributed by atoms with Crippen LogP contribution < -0.4 is 5.32 Å². The van der Waals surface area contributed by atoms with Crippen LogP contribution in [0.25, 0.3) is 0 Å². The zero-order valence-electron chi connectivity index (χ0n) is 14.8. The highest BCUT2D eigenvalue weighted by Crippen LogP contribution is 2.25. The lowest BCUT2D eigenvalue weighted by Crippen LogP contribution is -2.36. The minimum Gasteiger partial charge on any atom is -0.319 e. The van der Waals surface area contributed by atoms with Crippen molar-refractivity contribution in [1.82, 2.24) is 10.2 Å². The summed E-state index contributed by atoms with van der Waals surface area (Å²) in [5.41, 5.74) is 3.00. The number of hydrogen-bond acceptors (Lipinski definition) is 2. The Hall–Kier alpha value is -0.860. The fourth-order valence-electron chi connectivity index (χ4n) is 3.75. The summed E-state index contributed by atoms with van der Waals surface area (Å²) in [6.45, 7) is 9.40. The predicted molar refractivity (Wildman–Crippen MR) is 96.3 cm³/mol. The first-order valence-electron chi connectivity index (χ1n) is 9.22. The summed E-state index contributed by atoms with van der Waals surface area (Å²) < 4.78 is 0. The molecule has 0 spiro atoms. The fourth-order valence-corrected chi connectivity index (χ4v) is 3.75. The molecule has 0 saturated carbocycles. The number of rotatable bonds is 8. The van der Waals surface area contributed by atoms with Gasteiger partial charge in [0.15, 0.2) is 0 Å². The smallest absolute Gasteiger partial charge is 0.0233 e. The van der Waals surface area contributed by atoms with Crippen LogP contribution in [0.5, 0.6) is 0 Å². The van der Waals surface area contributed by atoms with Crippen LogP contribution in [0, 0.1) is 5.92 Å². The van der Waals surface area contributed by atoms with Crippen molar-refractivity contribution in [3.63, 3.8) is 0 Å². The summed E-state index contributed by atoms with van der Waals surface area (Å²) in [6, 6.07) is 9.44. The van der Waals surface area contributed by atoms with Gasteiger partial charge in [0.1, 0.15) is 0 Å². The predicted octanol–water partition coefficient (Wildman–Crippen LogP) is 4.41. The Bertz CT molecular complexity index is 404. The minimum atomic E-state index is 0.747. The third-order valence-corrected chi connectivity index (χ3v) is 5.19. The summed E-state index contributed by atoms with van der Waals surface area (Å²) in [6.07, 6.45) is 6.53. The van der Waals surface area contributed by atoms with E-state index < -0.39 is 0 Å². The summed E-state index contributed by atoms with van der Waals surface area (Å²) in [7, 11) is 2.07. The Morgan fingerprint density at radius 3 is 2.36 bits per heavy atom. The molecular formula is C20H34N2. The van der Waals surface area contributed by atoms with Crippen molar-refractivity contribution in [2.24, 2.45) is 5.92 Å². The summed E-state index contributed by atoms with van der Waals surface area (Å²) in [5.74, 6) is 1.62. The number of benzene rings is 1. The molecule has 0 radical (unpaired) electrons. The normalized spacial score (nSPS) is 18.5. The second-order valence-corrected chi connectivity index (χ2v) is 6.91. The zero-order chi connectivity index (χ0) is 15.8. The standard InChI is InChI=1S/C20H34N2/c1-4-6-19(5-2)20-9-7-18(8-10-20)16-22-13-11-17(12-14-22)15-21-3/h7-10,17,19,21H,4-6,11-16H2,1-3H3. The molecule has 0 amide bonds. The van der Waals surface area contributed by atoms with E-state index in [1.54, 1.807) is 0 Å². The Balaban J connectivity index is 1.84. The van der Waals surface area contributed by atoms with Crippen LogP contribution in [-0.4, -0.2) is 31.6 Å². The highest BCUT2D eigenvalue weighted by molar-refractivity contribution is 5.25. The van der Waals surface area contributed by atoms with Crippen molar-refractivity contribution in [2.45, 2.75) is 58.4 Å². The van der Waals surface area contributed by atoms with Gasteiger partial charge in [-0.05, 0) is 75.3 Å². The van der Waals surface area contributed by atoms with E-state index >= 15 is 0 Å². The van der Waals surface area contributed by atoms with Crippen molar-refractivity contribution in [2.75, 3.05) is 26.7 Å². The average Bonchev–Trinajstić information content (AvgIpc) is 2.56. The highest BCUT2D eigenvalue weighted by atomic mass is 15.1. The van der Waals surface area contributed by atoms with Gasteiger partial charge in [0.25, 0.3) is 0 Å². The lowest BCUT2D eigenvalue weighted by molar-refractivity contribution is 0.177. The molecule has 1 saturated heterocycles. The molecule has 124 valence electrons. The SMILES string of the molecule is CCCC(CC)c1ccc(CN2CCC(CNC)CC2)cc1. The molecular weight excluding hydrogens is 268 g/mol. The first kappa shape index (κ1) is 17.5. The van der Waals surface area contributed by atoms with Crippen LogP contribution >= 0.6 is 0 Å². The van der Waals surface area contributed by atoms with E-state index in [0.717, 1.165) is 18.4 Å². The van der Waals surface area contributed by atoms with Gasteiger partial charge in [0.05, 0.1) is 0 Å². The molecule has 0 aromatic heterocycles. The largest absolute Gasteiger partial charge is 0.319 e. The molecule has 1 aromatic rings. The van der Waals surface area contributed by atoms with Gasteiger partial charge in [-0.2, -0.15) is 0 Å². The van der Waals surface area contributed by atoms with E-state index in [1.807, 2.05) is 0 Å². The van der Waals surface area contributed by atoms with Gasteiger partial charge >= 0.3 is 0 Å². The molecule has 1 aliphatic rings. The second kappa shape index (κ2) is 9.32. The molecule has 1 N–H and O–H groups in total. The summed E-state index contributed by atoms with van der Waals surface area (Å²) in [5, 5.41) is 3.32. The molecule has 1 aromatic carbocycles. The molecule has 1 aliphatic heterocycles. The van der Waals surface area contributed by atoms with E-state index in [9.17, 15) is 0 Å². The summed E-state index contributed by atoms with van der Waals surface area (Å²) >= 11 is 0. The lowest BCUT2D eigenvalue weighted by Gasteiger charge is -2.32. The Labute approximate surface area is 137 Å². The van der Waals surface area contributed by atoms with Crippen LogP contribution in [0.4, 0.5) is 0 Å². The van der Waals surface area contributed by atoms with E-state index in [2.05, 4.69) is 55.4 Å². The Morgan fingerprint density at radius 2 is 1.82 bits per heavy atom. The lowest BCUT2D eigenvalue weighted by atomic mass is 9.91. The molecule has 1 unspecified atom stereocenters. The third kappa shape index (κ3) is 5.10. The zero-order valence-corrected chi connectivity index (χ0v) is 14.8. The van der Waals surface area contributed by atoms with Crippen molar-refractivity contribution in [3.8, 4) is 0 Å². The van der Waals surface area contributed by atoms with Gasteiger partial charge in [-0.15, -0.1) is 0 Å². The maximum atomic E-state index is 3.32. The first-order chi connectivity index (χ1) is 10.8. The molecule has 22 heavy (non-hydrogen) atoms. The molecule has 0 aliphatic carbocycles. The van der Waals surface area contributed by atoms with Crippen molar-refractivity contribution in [1.29, 1.82) is 0 Å². The number of hydrogen-bond donors (Lipinski definition) is 1. The number of piperidine rings is 1. The van der Waals surface area contributed by atoms with Gasteiger partial charge in [-0.3, -0.25) is 4.90 Å². The molecule has 1 atom stereocenters. The third-order valence-electron chi connectivity index (χ3n) is 5.19. The van der Waals surface area contributed by atoms with Gasteiger partial charge in [-0.1, -0.05) is 44.5 Å². The number of nitrogens with one attached hydrogen (secondary N) is 1. The van der Waals surface area contributed by atoms with E-state index in [1.165, 1.54) is 62.9 Å². The van der Waals surface area contributed by atoms with Gasteiger partial charge in [0, 0.05) is 6.54 Å². The van der Waals surface area contributed by atoms with Crippen LogP contribution in [0.3, 0.4) is 0 Å². The number of likely N-dealkylation sites (tertiary alicyclic amines) is 1. The van der Waals surface area contributed by atoms with Crippen LogP contribution in [0.2, 0.25) is 0 Å². The minimum absolute atomic E-state index is 0.747. The molecule has 2 nitrogen and oxygen atoms in total. The van der Waals surface area contributed by atoms with Crippen molar-refractivity contribution < 1.29 is 0 Å². The highest BCUT2D eigenvalue weighted by Gasteiger charge is 2.18.